The fourth-order valence-corrected chi connectivity index (χ4v) is 2.37. The molecule has 2 aromatic carbocycles. The molecule has 0 aromatic heterocycles. The van der Waals surface area contributed by atoms with Crippen LogP contribution in [0.2, 0.25) is 0 Å². The minimum absolute atomic E-state index is 0.115. The standard InChI is InChI=1S/C18H21N3O5/c1-11-5-8-16(25-3)15(9-11)19-12(2)18(22)20-14-7-6-13(21(23)24)10-17(14)26-4/h5-10,12,19H,1-4H3,(H,20,22)/t12-/m0/s1. The summed E-state index contributed by atoms with van der Waals surface area (Å²) in [5.74, 6) is 0.525. The van der Waals surface area contributed by atoms with Crippen LogP contribution in [0.3, 0.4) is 0 Å². The number of carbonyl (C=O) groups is 1. The van der Waals surface area contributed by atoms with Gasteiger partial charge in [-0.2, -0.15) is 0 Å². The van der Waals surface area contributed by atoms with Crippen LogP contribution < -0.4 is 20.1 Å². The van der Waals surface area contributed by atoms with E-state index in [-0.39, 0.29) is 17.3 Å². The number of ether oxygens (including phenoxy) is 2. The fourth-order valence-electron chi connectivity index (χ4n) is 2.37. The molecule has 0 aliphatic rings. The number of methoxy groups -OCH3 is 2. The number of benzene rings is 2. The molecule has 0 saturated heterocycles. The van der Waals surface area contributed by atoms with Gasteiger partial charge in [0.1, 0.15) is 17.5 Å². The summed E-state index contributed by atoms with van der Waals surface area (Å²) >= 11 is 0. The zero-order valence-corrected chi connectivity index (χ0v) is 15.0. The number of amides is 1. The molecule has 8 nitrogen and oxygen atoms in total. The SMILES string of the molecule is COc1cc([N+](=O)[O-])ccc1NC(=O)[C@H](C)Nc1cc(C)ccc1OC. The summed E-state index contributed by atoms with van der Waals surface area (Å²) in [4.78, 5) is 22.8. The maximum absolute atomic E-state index is 12.5. The lowest BCUT2D eigenvalue weighted by atomic mass is 10.2. The molecule has 0 aliphatic heterocycles. The smallest absolute Gasteiger partial charge is 0.273 e. The normalized spacial score (nSPS) is 11.4. The van der Waals surface area contributed by atoms with Gasteiger partial charge in [-0.3, -0.25) is 14.9 Å². The number of rotatable bonds is 7. The van der Waals surface area contributed by atoms with Crippen molar-refractivity contribution < 1.29 is 19.2 Å². The first-order valence-corrected chi connectivity index (χ1v) is 7.90. The quantitative estimate of drug-likeness (QED) is 0.580. The van der Waals surface area contributed by atoms with E-state index < -0.39 is 11.0 Å². The van der Waals surface area contributed by atoms with Gasteiger partial charge in [-0.25, -0.2) is 0 Å². The van der Waals surface area contributed by atoms with E-state index in [1.165, 1.54) is 25.3 Å². The van der Waals surface area contributed by atoms with Crippen molar-refractivity contribution in [3.8, 4) is 11.5 Å². The van der Waals surface area contributed by atoms with Crippen molar-refractivity contribution in [1.29, 1.82) is 0 Å². The summed E-state index contributed by atoms with van der Waals surface area (Å²) in [7, 11) is 2.94. The molecule has 0 aliphatic carbocycles. The molecular formula is C18H21N3O5. The third-order valence-corrected chi connectivity index (χ3v) is 3.77. The minimum Gasteiger partial charge on any atom is -0.495 e. The molecule has 1 amide bonds. The highest BCUT2D eigenvalue weighted by molar-refractivity contribution is 5.97. The van der Waals surface area contributed by atoms with Gasteiger partial charge in [0.2, 0.25) is 5.91 Å². The molecule has 8 heteroatoms. The summed E-state index contributed by atoms with van der Waals surface area (Å²) in [6, 6.07) is 9.05. The van der Waals surface area contributed by atoms with Crippen molar-refractivity contribution in [1.82, 2.24) is 0 Å². The first kappa shape index (κ1) is 19.0. The molecule has 0 radical (unpaired) electrons. The Morgan fingerprint density at radius 1 is 1.08 bits per heavy atom. The molecule has 138 valence electrons. The van der Waals surface area contributed by atoms with Crippen molar-refractivity contribution in [2.45, 2.75) is 19.9 Å². The molecule has 0 fully saturated rings. The second kappa shape index (κ2) is 8.19. The molecule has 1 atom stereocenters. The van der Waals surface area contributed by atoms with E-state index in [4.69, 9.17) is 9.47 Å². The van der Waals surface area contributed by atoms with E-state index in [0.29, 0.717) is 17.1 Å². The number of hydrogen-bond acceptors (Lipinski definition) is 6. The zero-order chi connectivity index (χ0) is 19.3. The van der Waals surface area contributed by atoms with E-state index in [0.717, 1.165) is 5.56 Å². The van der Waals surface area contributed by atoms with Gasteiger partial charge in [0.15, 0.2) is 0 Å². The van der Waals surface area contributed by atoms with Crippen LogP contribution in [0.5, 0.6) is 11.5 Å². The van der Waals surface area contributed by atoms with Crippen LogP contribution in [0.25, 0.3) is 0 Å². The highest BCUT2D eigenvalue weighted by Crippen LogP contribution is 2.30. The highest BCUT2D eigenvalue weighted by Gasteiger charge is 2.18. The van der Waals surface area contributed by atoms with Crippen molar-refractivity contribution in [2.24, 2.45) is 0 Å². The van der Waals surface area contributed by atoms with Crippen molar-refractivity contribution in [3.63, 3.8) is 0 Å². The maximum Gasteiger partial charge on any atom is 0.273 e. The number of hydrogen-bond donors (Lipinski definition) is 2. The second-order valence-electron chi connectivity index (χ2n) is 5.70. The predicted molar refractivity (Wildman–Crippen MR) is 99.1 cm³/mol. The summed E-state index contributed by atoms with van der Waals surface area (Å²) in [5.41, 5.74) is 1.97. The van der Waals surface area contributed by atoms with Gasteiger partial charge in [-0.05, 0) is 37.6 Å². The lowest BCUT2D eigenvalue weighted by Gasteiger charge is -2.18. The molecule has 0 unspecified atom stereocenters. The number of nitrogens with zero attached hydrogens (tertiary/aromatic N) is 1. The lowest BCUT2D eigenvalue weighted by molar-refractivity contribution is -0.384. The van der Waals surface area contributed by atoms with Crippen molar-refractivity contribution >= 4 is 23.0 Å². The number of nitrogens with one attached hydrogen (secondary N) is 2. The Balaban J connectivity index is 2.15. The Labute approximate surface area is 151 Å². The molecular weight excluding hydrogens is 338 g/mol. The van der Waals surface area contributed by atoms with E-state index in [1.54, 1.807) is 14.0 Å². The molecule has 0 spiro atoms. The zero-order valence-electron chi connectivity index (χ0n) is 15.0. The molecule has 0 heterocycles. The van der Waals surface area contributed by atoms with Crippen LogP contribution >= 0.6 is 0 Å². The van der Waals surface area contributed by atoms with Crippen LogP contribution in [-0.2, 0) is 4.79 Å². The summed E-state index contributed by atoms with van der Waals surface area (Å²) in [6.07, 6.45) is 0. The number of anilines is 2. The summed E-state index contributed by atoms with van der Waals surface area (Å²) < 4.78 is 10.4. The summed E-state index contributed by atoms with van der Waals surface area (Å²) in [5, 5.41) is 16.7. The average Bonchev–Trinajstić information content (AvgIpc) is 2.61. The first-order chi connectivity index (χ1) is 12.3. The van der Waals surface area contributed by atoms with E-state index in [9.17, 15) is 14.9 Å². The first-order valence-electron chi connectivity index (χ1n) is 7.90. The van der Waals surface area contributed by atoms with Gasteiger partial charge >= 0.3 is 0 Å². The van der Waals surface area contributed by atoms with Gasteiger partial charge in [0, 0.05) is 6.07 Å². The van der Waals surface area contributed by atoms with Crippen molar-refractivity contribution in [2.75, 3.05) is 24.9 Å². The number of aryl methyl sites for hydroxylation is 1. The van der Waals surface area contributed by atoms with Gasteiger partial charge in [0.25, 0.3) is 5.69 Å². The van der Waals surface area contributed by atoms with E-state index >= 15 is 0 Å². The van der Waals surface area contributed by atoms with Crippen LogP contribution in [0.1, 0.15) is 12.5 Å². The van der Waals surface area contributed by atoms with Crippen LogP contribution in [0.4, 0.5) is 17.1 Å². The van der Waals surface area contributed by atoms with E-state index in [2.05, 4.69) is 10.6 Å². The Kier molecular flexibility index (Phi) is 6.00. The molecule has 2 aromatic rings. The van der Waals surface area contributed by atoms with Crippen LogP contribution in [0, 0.1) is 17.0 Å². The van der Waals surface area contributed by atoms with Gasteiger partial charge in [0.05, 0.1) is 36.6 Å². The Morgan fingerprint density at radius 2 is 1.77 bits per heavy atom. The molecule has 2 rings (SSSR count). The van der Waals surface area contributed by atoms with Crippen LogP contribution in [-0.4, -0.2) is 31.1 Å². The topological polar surface area (TPSA) is 103 Å². The third-order valence-electron chi connectivity index (χ3n) is 3.77. The van der Waals surface area contributed by atoms with Gasteiger partial charge < -0.3 is 20.1 Å². The fraction of sp³-hybridized carbons (Fsp3) is 0.278. The largest absolute Gasteiger partial charge is 0.495 e. The molecule has 2 N–H and O–H groups in total. The number of carbonyl (C=O) groups excluding carboxylic acids is 1. The number of nitro benzene ring substituents is 1. The Bertz CT molecular complexity index is 822. The monoisotopic (exact) mass is 359 g/mol. The van der Waals surface area contributed by atoms with Crippen molar-refractivity contribution in [3.05, 3.63) is 52.1 Å². The average molecular weight is 359 g/mol. The predicted octanol–water partition coefficient (Wildman–Crippen LogP) is 3.36. The van der Waals surface area contributed by atoms with E-state index in [1.807, 2.05) is 25.1 Å². The lowest BCUT2D eigenvalue weighted by Crippen LogP contribution is -2.32. The summed E-state index contributed by atoms with van der Waals surface area (Å²) in [6.45, 7) is 3.64. The van der Waals surface area contributed by atoms with Gasteiger partial charge in [-0.15, -0.1) is 0 Å². The Hall–Kier alpha value is -3.29. The minimum atomic E-state index is -0.578. The second-order valence-corrected chi connectivity index (χ2v) is 5.70. The molecule has 0 saturated carbocycles. The van der Waals surface area contributed by atoms with Crippen LogP contribution in [0.15, 0.2) is 36.4 Å². The Morgan fingerprint density at radius 3 is 2.38 bits per heavy atom. The maximum atomic E-state index is 12.5. The highest BCUT2D eigenvalue weighted by atomic mass is 16.6. The molecule has 0 bridgehead atoms. The number of non-ortho nitro benzene ring substituents is 1. The van der Waals surface area contributed by atoms with Gasteiger partial charge in [-0.1, -0.05) is 6.07 Å². The molecule has 26 heavy (non-hydrogen) atoms. The third kappa shape index (κ3) is 4.41. The number of nitro groups is 1.